The van der Waals surface area contributed by atoms with Crippen LogP contribution in [0.3, 0.4) is 0 Å². The Hall–Kier alpha value is -3.31. The zero-order chi connectivity index (χ0) is 18.2. The van der Waals surface area contributed by atoms with Crippen molar-refractivity contribution in [2.75, 3.05) is 4.90 Å². The number of furan rings is 1. The monoisotopic (exact) mass is 374 g/mol. The lowest BCUT2D eigenvalue weighted by molar-refractivity contribution is 0.510. The number of H-pyrrole nitrogens is 1. The van der Waals surface area contributed by atoms with Gasteiger partial charge in [-0.25, -0.2) is 9.97 Å². The molecule has 5 rings (SSSR count). The van der Waals surface area contributed by atoms with Gasteiger partial charge in [0.05, 0.1) is 12.8 Å². The molecule has 0 atom stereocenters. The summed E-state index contributed by atoms with van der Waals surface area (Å²) in [4.78, 5) is 14.7. The molecule has 3 aromatic heterocycles. The number of aromatic amines is 1. The van der Waals surface area contributed by atoms with Gasteiger partial charge in [-0.15, -0.1) is 0 Å². The zero-order valence-corrected chi connectivity index (χ0v) is 15.0. The molecule has 6 heteroatoms. The molecule has 0 aliphatic rings. The Bertz CT molecular complexity index is 1210. The lowest BCUT2D eigenvalue weighted by atomic mass is 10.2. The van der Waals surface area contributed by atoms with Gasteiger partial charge in [0.15, 0.2) is 5.82 Å². The maximum atomic E-state index is 6.08. The molecule has 27 heavy (non-hydrogen) atoms. The predicted octanol–water partition coefficient (Wildman–Crippen LogP) is 5.70. The third kappa shape index (κ3) is 2.82. The molecule has 0 fully saturated rings. The first-order chi connectivity index (χ1) is 13.3. The van der Waals surface area contributed by atoms with Crippen molar-refractivity contribution in [1.82, 2.24) is 15.0 Å². The van der Waals surface area contributed by atoms with Crippen LogP contribution in [0.15, 0.2) is 77.7 Å². The molecule has 132 valence electrons. The minimum absolute atomic E-state index is 0.538. The quantitative estimate of drug-likeness (QED) is 0.438. The van der Waals surface area contributed by atoms with Crippen molar-refractivity contribution in [3.8, 4) is 0 Å². The summed E-state index contributed by atoms with van der Waals surface area (Å²) in [6, 6.07) is 19.6. The highest BCUT2D eigenvalue weighted by Crippen LogP contribution is 2.34. The number of hydrogen-bond acceptors (Lipinski definition) is 4. The first-order valence-corrected chi connectivity index (χ1v) is 8.94. The first kappa shape index (κ1) is 15.9. The molecule has 3 heterocycles. The van der Waals surface area contributed by atoms with Crippen LogP contribution in [0.2, 0.25) is 5.02 Å². The topological polar surface area (TPSA) is 58.0 Å². The number of nitrogens with zero attached hydrogens (tertiary/aromatic N) is 3. The summed E-state index contributed by atoms with van der Waals surface area (Å²) in [7, 11) is 0. The van der Waals surface area contributed by atoms with Gasteiger partial charge >= 0.3 is 0 Å². The number of anilines is 2. The average Bonchev–Trinajstić information content (AvgIpc) is 3.34. The molecular formula is C21H15ClN4O. The molecule has 0 unspecified atom stereocenters. The molecular weight excluding hydrogens is 360 g/mol. The van der Waals surface area contributed by atoms with E-state index >= 15 is 0 Å². The summed E-state index contributed by atoms with van der Waals surface area (Å²) in [6.45, 7) is 0.538. The standard InChI is InChI=1S/C21H15ClN4O/c22-14-7-9-15(10-8-14)26(12-16-4-3-11-27-16)21-20-19(23-13-24-21)17-5-1-2-6-18(17)25-20/h1-11,13,25H,12H2. The minimum atomic E-state index is 0.538. The average molecular weight is 375 g/mol. The van der Waals surface area contributed by atoms with Gasteiger partial charge in [-0.3, -0.25) is 0 Å². The van der Waals surface area contributed by atoms with Crippen LogP contribution in [-0.2, 0) is 6.54 Å². The molecule has 2 aromatic carbocycles. The van der Waals surface area contributed by atoms with Gasteiger partial charge in [0.2, 0.25) is 0 Å². The second-order valence-electron chi connectivity index (χ2n) is 6.23. The highest BCUT2D eigenvalue weighted by atomic mass is 35.5. The van der Waals surface area contributed by atoms with Crippen LogP contribution in [0, 0.1) is 0 Å². The normalized spacial score (nSPS) is 11.3. The number of aromatic nitrogens is 3. The molecule has 5 nitrogen and oxygen atoms in total. The summed E-state index contributed by atoms with van der Waals surface area (Å²) >= 11 is 6.08. The van der Waals surface area contributed by atoms with Crippen LogP contribution in [0.1, 0.15) is 5.76 Å². The largest absolute Gasteiger partial charge is 0.467 e. The molecule has 0 saturated carbocycles. The third-order valence-corrected chi connectivity index (χ3v) is 4.81. The van der Waals surface area contributed by atoms with Gasteiger partial charge in [0, 0.05) is 21.6 Å². The predicted molar refractivity (Wildman–Crippen MR) is 107 cm³/mol. The number of hydrogen-bond donors (Lipinski definition) is 1. The molecule has 0 saturated heterocycles. The number of benzene rings is 2. The summed E-state index contributed by atoms with van der Waals surface area (Å²) in [5.41, 5.74) is 3.78. The van der Waals surface area contributed by atoms with Crippen LogP contribution in [0.25, 0.3) is 21.9 Å². The Morgan fingerprint density at radius 3 is 2.63 bits per heavy atom. The Morgan fingerprint density at radius 2 is 1.81 bits per heavy atom. The second-order valence-corrected chi connectivity index (χ2v) is 6.67. The summed E-state index contributed by atoms with van der Waals surface area (Å²) in [6.07, 6.45) is 3.27. The van der Waals surface area contributed by atoms with Crippen molar-refractivity contribution < 1.29 is 4.42 Å². The van der Waals surface area contributed by atoms with Gasteiger partial charge < -0.3 is 14.3 Å². The van der Waals surface area contributed by atoms with Crippen LogP contribution >= 0.6 is 11.6 Å². The highest BCUT2D eigenvalue weighted by molar-refractivity contribution is 6.30. The maximum absolute atomic E-state index is 6.08. The van der Waals surface area contributed by atoms with Crippen molar-refractivity contribution >= 4 is 45.0 Å². The van der Waals surface area contributed by atoms with Crippen LogP contribution in [0.5, 0.6) is 0 Å². The fourth-order valence-corrected chi connectivity index (χ4v) is 3.43. The summed E-state index contributed by atoms with van der Waals surface area (Å²) < 4.78 is 5.58. The van der Waals surface area contributed by atoms with Crippen LogP contribution in [-0.4, -0.2) is 15.0 Å². The Labute approximate surface area is 160 Å². The Morgan fingerprint density at radius 1 is 0.963 bits per heavy atom. The number of nitrogens with one attached hydrogen (secondary N) is 1. The van der Waals surface area contributed by atoms with Crippen molar-refractivity contribution in [3.63, 3.8) is 0 Å². The fraction of sp³-hybridized carbons (Fsp3) is 0.0476. The summed E-state index contributed by atoms with van der Waals surface area (Å²) in [5.74, 6) is 1.63. The van der Waals surface area contributed by atoms with Gasteiger partial charge in [0.1, 0.15) is 23.1 Å². The molecule has 1 N–H and O–H groups in total. The Balaban J connectivity index is 1.72. The number of rotatable bonds is 4. The van der Waals surface area contributed by atoms with Gasteiger partial charge in [-0.05, 0) is 42.5 Å². The van der Waals surface area contributed by atoms with Crippen molar-refractivity contribution in [2.45, 2.75) is 6.54 Å². The van der Waals surface area contributed by atoms with Gasteiger partial charge in [-0.2, -0.15) is 0 Å². The van der Waals surface area contributed by atoms with E-state index in [-0.39, 0.29) is 0 Å². The van der Waals surface area contributed by atoms with Crippen molar-refractivity contribution in [2.24, 2.45) is 0 Å². The smallest absolute Gasteiger partial charge is 0.161 e. The van der Waals surface area contributed by atoms with Gasteiger partial charge in [-0.1, -0.05) is 29.8 Å². The van der Waals surface area contributed by atoms with E-state index < -0.39 is 0 Å². The maximum Gasteiger partial charge on any atom is 0.161 e. The molecule has 0 amide bonds. The number of fused-ring (bicyclic) bond motifs is 3. The van der Waals surface area contributed by atoms with E-state index in [1.54, 1.807) is 12.6 Å². The van der Waals surface area contributed by atoms with Crippen LogP contribution in [0.4, 0.5) is 11.5 Å². The van der Waals surface area contributed by atoms with Crippen LogP contribution < -0.4 is 4.90 Å². The number of para-hydroxylation sites is 1. The molecule has 0 radical (unpaired) electrons. The zero-order valence-electron chi connectivity index (χ0n) is 14.3. The van der Waals surface area contributed by atoms with E-state index in [0.29, 0.717) is 11.6 Å². The van der Waals surface area contributed by atoms with E-state index in [2.05, 4.69) is 25.9 Å². The van der Waals surface area contributed by atoms with Crippen molar-refractivity contribution in [3.05, 3.63) is 84.0 Å². The second kappa shape index (κ2) is 6.45. The molecule has 0 spiro atoms. The lowest BCUT2D eigenvalue weighted by Gasteiger charge is -2.23. The fourth-order valence-electron chi connectivity index (χ4n) is 3.30. The SMILES string of the molecule is Clc1ccc(N(Cc2ccco2)c2ncnc3c2[nH]c2ccccc23)cc1. The molecule has 5 aromatic rings. The van der Waals surface area contributed by atoms with E-state index in [1.165, 1.54) is 0 Å². The van der Waals surface area contributed by atoms with E-state index in [0.717, 1.165) is 39.2 Å². The third-order valence-electron chi connectivity index (χ3n) is 4.56. The minimum Gasteiger partial charge on any atom is -0.467 e. The molecule has 0 aliphatic carbocycles. The van der Waals surface area contributed by atoms with Gasteiger partial charge in [0.25, 0.3) is 0 Å². The van der Waals surface area contributed by atoms with E-state index in [9.17, 15) is 0 Å². The number of halogens is 1. The molecule has 0 aliphatic heterocycles. The molecule has 0 bridgehead atoms. The highest BCUT2D eigenvalue weighted by Gasteiger charge is 2.19. The van der Waals surface area contributed by atoms with E-state index in [1.807, 2.05) is 54.6 Å². The first-order valence-electron chi connectivity index (χ1n) is 8.56. The summed E-state index contributed by atoms with van der Waals surface area (Å²) in [5, 5.41) is 1.76. The Kier molecular flexibility index (Phi) is 3.80. The van der Waals surface area contributed by atoms with E-state index in [4.69, 9.17) is 16.0 Å². The lowest BCUT2D eigenvalue weighted by Crippen LogP contribution is -2.18. The van der Waals surface area contributed by atoms with Crippen molar-refractivity contribution in [1.29, 1.82) is 0 Å².